The number of hydrogen-bond acceptors (Lipinski definition) is 4. The largest absolute Gasteiger partial charge is 0.390 e. The van der Waals surface area contributed by atoms with Gasteiger partial charge in [0, 0.05) is 12.7 Å². The van der Waals surface area contributed by atoms with Gasteiger partial charge in [0.1, 0.15) is 5.69 Å². The van der Waals surface area contributed by atoms with Gasteiger partial charge in [0.2, 0.25) is 0 Å². The van der Waals surface area contributed by atoms with Gasteiger partial charge in [-0.3, -0.25) is 0 Å². The average Bonchev–Trinajstić information content (AvgIpc) is 2.63. The minimum absolute atomic E-state index is 0.0752. The van der Waals surface area contributed by atoms with Crippen molar-refractivity contribution in [3.8, 4) is 11.5 Å². The summed E-state index contributed by atoms with van der Waals surface area (Å²) in [6, 6.07) is 1.76. The second-order valence-electron chi connectivity index (χ2n) is 3.37. The first-order chi connectivity index (χ1) is 7.20. The minimum atomic E-state index is -0.0752. The molecule has 5 nitrogen and oxygen atoms in total. The highest BCUT2D eigenvalue weighted by Crippen LogP contribution is 2.14. The molecule has 2 aromatic heterocycles. The van der Waals surface area contributed by atoms with Crippen LogP contribution in [0, 0.1) is 6.92 Å². The van der Waals surface area contributed by atoms with Crippen LogP contribution >= 0.6 is 0 Å². The van der Waals surface area contributed by atoms with Gasteiger partial charge in [-0.15, -0.1) is 0 Å². The molecular formula is C10H12N4O. The van der Waals surface area contributed by atoms with E-state index in [1.807, 2.05) is 18.5 Å². The molecule has 0 spiro atoms. The van der Waals surface area contributed by atoms with E-state index in [-0.39, 0.29) is 6.61 Å². The smallest absolute Gasteiger partial charge is 0.178 e. The third-order valence-electron chi connectivity index (χ3n) is 2.12. The maximum atomic E-state index is 9.04. The highest BCUT2D eigenvalue weighted by molar-refractivity contribution is 5.48. The molecule has 0 saturated carbocycles. The maximum Gasteiger partial charge on any atom is 0.178 e. The summed E-state index contributed by atoms with van der Waals surface area (Å²) >= 11 is 0. The molecule has 0 fully saturated rings. The average molecular weight is 204 g/mol. The first-order valence-corrected chi connectivity index (χ1v) is 4.63. The van der Waals surface area contributed by atoms with E-state index < -0.39 is 0 Å². The first-order valence-electron chi connectivity index (χ1n) is 4.63. The Labute approximate surface area is 87.5 Å². The molecule has 15 heavy (non-hydrogen) atoms. The Morgan fingerprint density at radius 3 is 2.80 bits per heavy atom. The van der Waals surface area contributed by atoms with Crippen LogP contribution in [-0.4, -0.2) is 24.6 Å². The zero-order valence-corrected chi connectivity index (χ0v) is 8.68. The highest BCUT2D eigenvalue weighted by Gasteiger charge is 2.07. The lowest BCUT2D eigenvalue weighted by Gasteiger charge is -2.04. The molecule has 1 N–H and O–H groups in total. The Morgan fingerprint density at radius 1 is 1.40 bits per heavy atom. The van der Waals surface area contributed by atoms with Crippen molar-refractivity contribution in [2.24, 2.45) is 7.05 Å². The molecule has 0 aliphatic heterocycles. The van der Waals surface area contributed by atoms with Crippen molar-refractivity contribution >= 4 is 0 Å². The van der Waals surface area contributed by atoms with Crippen molar-refractivity contribution in [1.82, 2.24) is 19.5 Å². The molecule has 0 unspecified atom stereocenters. The summed E-state index contributed by atoms with van der Waals surface area (Å²) in [5.41, 5.74) is 2.30. The normalized spacial score (nSPS) is 10.6. The van der Waals surface area contributed by atoms with E-state index in [0.29, 0.717) is 11.5 Å². The number of imidazole rings is 1. The van der Waals surface area contributed by atoms with Gasteiger partial charge in [-0.05, 0) is 13.0 Å². The number of nitrogens with zero attached hydrogens (tertiary/aromatic N) is 4. The summed E-state index contributed by atoms with van der Waals surface area (Å²) in [6.45, 7) is 1.80. The van der Waals surface area contributed by atoms with Crippen LogP contribution in [0.15, 0.2) is 18.6 Å². The predicted molar refractivity (Wildman–Crippen MR) is 54.9 cm³/mol. The van der Waals surface area contributed by atoms with Crippen LogP contribution < -0.4 is 0 Å². The van der Waals surface area contributed by atoms with Crippen LogP contribution in [0.2, 0.25) is 0 Å². The van der Waals surface area contributed by atoms with Crippen molar-refractivity contribution in [3.63, 3.8) is 0 Å². The van der Waals surface area contributed by atoms with Gasteiger partial charge in [-0.2, -0.15) is 0 Å². The Hall–Kier alpha value is -1.75. The molecule has 2 aromatic rings. The van der Waals surface area contributed by atoms with Gasteiger partial charge in [-0.25, -0.2) is 15.0 Å². The Bertz CT molecular complexity index is 478. The molecule has 5 heteroatoms. The van der Waals surface area contributed by atoms with Gasteiger partial charge < -0.3 is 9.67 Å². The molecule has 78 valence electrons. The fraction of sp³-hybridized carbons (Fsp3) is 0.300. The van der Waals surface area contributed by atoms with E-state index in [2.05, 4.69) is 15.0 Å². The van der Waals surface area contributed by atoms with Crippen molar-refractivity contribution in [2.75, 3.05) is 0 Å². The summed E-state index contributed by atoms with van der Waals surface area (Å²) in [4.78, 5) is 12.5. The summed E-state index contributed by atoms with van der Waals surface area (Å²) in [7, 11) is 1.88. The summed E-state index contributed by atoms with van der Waals surface area (Å²) < 4.78 is 1.84. The number of aliphatic hydroxyl groups excluding tert-OH is 1. The Kier molecular flexibility index (Phi) is 2.47. The molecule has 0 radical (unpaired) electrons. The Balaban J connectivity index is 2.53. The molecule has 0 saturated heterocycles. The van der Waals surface area contributed by atoms with E-state index in [0.717, 1.165) is 11.4 Å². The second kappa shape index (κ2) is 3.78. The van der Waals surface area contributed by atoms with Crippen molar-refractivity contribution in [1.29, 1.82) is 0 Å². The minimum Gasteiger partial charge on any atom is -0.390 e. The summed E-state index contributed by atoms with van der Waals surface area (Å²) in [5.74, 6) is 0.596. The fourth-order valence-corrected chi connectivity index (χ4v) is 1.40. The molecule has 0 bridgehead atoms. The van der Waals surface area contributed by atoms with E-state index >= 15 is 0 Å². The summed E-state index contributed by atoms with van der Waals surface area (Å²) in [6.07, 6.45) is 3.40. The van der Waals surface area contributed by atoms with Gasteiger partial charge in [-0.1, -0.05) is 0 Å². The number of aliphatic hydroxyl groups is 1. The van der Waals surface area contributed by atoms with Crippen LogP contribution in [0.3, 0.4) is 0 Å². The summed E-state index contributed by atoms with van der Waals surface area (Å²) in [5, 5.41) is 9.04. The molecular weight excluding hydrogens is 192 g/mol. The number of hydrogen-bond donors (Lipinski definition) is 1. The quantitative estimate of drug-likeness (QED) is 0.781. The lowest BCUT2D eigenvalue weighted by atomic mass is 10.3. The van der Waals surface area contributed by atoms with Gasteiger partial charge >= 0.3 is 0 Å². The van der Waals surface area contributed by atoms with Crippen LogP contribution in [-0.2, 0) is 13.7 Å². The zero-order valence-electron chi connectivity index (χ0n) is 8.68. The van der Waals surface area contributed by atoms with Crippen molar-refractivity contribution in [3.05, 3.63) is 30.0 Å². The van der Waals surface area contributed by atoms with Crippen LogP contribution in [0.25, 0.3) is 11.5 Å². The van der Waals surface area contributed by atoms with Crippen LogP contribution in [0.1, 0.15) is 11.4 Å². The van der Waals surface area contributed by atoms with E-state index in [4.69, 9.17) is 5.11 Å². The second-order valence-corrected chi connectivity index (χ2v) is 3.37. The standard InChI is InChI=1S/C10H12N4O/c1-7-3-8(5-15)13-10(12-7)9-4-11-6-14(9)2/h3-4,6,15H,5H2,1-2H3. The van der Waals surface area contributed by atoms with Gasteiger partial charge in [0.05, 0.1) is 24.8 Å². The molecule has 0 aliphatic rings. The van der Waals surface area contributed by atoms with Gasteiger partial charge in [0.15, 0.2) is 5.82 Å². The van der Waals surface area contributed by atoms with Crippen molar-refractivity contribution < 1.29 is 5.11 Å². The molecule has 0 atom stereocenters. The number of aromatic nitrogens is 4. The molecule has 0 aliphatic carbocycles. The zero-order chi connectivity index (χ0) is 10.8. The van der Waals surface area contributed by atoms with Crippen molar-refractivity contribution in [2.45, 2.75) is 13.5 Å². The monoisotopic (exact) mass is 204 g/mol. The van der Waals surface area contributed by atoms with E-state index in [1.165, 1.54) is 0 Å². The van der Waals surface area contributed by atoms with Crippen LogP contribution in [0.4, 0.5) is 0 Å². The topological polar surface area (TPSA) is 63.8 Å². The Morgan fingerprint density at radius 2 is 2.20 bits per heavy atom. The fourth-order valence-electron chi connectivity index (χ4n) is 1.40. The predicted octanol–water partition coefficient (Wildman–Crippen LogP) is 0.678. The third-order valence-corrected chi connectivity index (χ3v) is 2.12. The number of rotatable bonds is 2. The molecule has 2 rings (SSSR count). The number of aryl methyl sites for hydroxylation is 2. The SMILES string of the molecule is Cc1cc(CO)nc(-c2cncn2C)n1. The first kappa shape index (κ1) is 9.79. The van der Waals surface area contributed by atoms with E-state index in [1.54, 1.807) is 18.6 Å². The lowest BCUT2D eigenvalue weighted by Crippen LogP contribution is -2.00. The maximum absolute atomic E-state index is 9.04. The molecule has 0 amide bonds. The molecule has 0 aromatic carbocycles. The highest BCUT2D eigenvalue weighted by atomic mass is 16.3. The third kappa shape index (κ3) is 1.87. The van der Waals surface area contributed by atoms with Crippen LogP contribution in [0.5, 0.6) is 0 Å². The van der Waals surface area contributed by atoms with E-state index in [9.17, 15) is 0 Å². The molecule has 2 heterocycles. The lowest BCUT2D eigenvalue weighted by molar-refractivity contribution is 0.276. The van der Waals surface area contributed by atoms with Gasteiger partial charge in [0.25, 0.3) is 0 Å².